The molecule has 2 fully saturated rings. The quantitative estimate of drug-likeness (QED) is 0.869. The summed E-state index contributed by atoms with van der Waals surface area (Å²) in [5.74, 6) is 1.89. The zero-order valence-electron chi connectivity index (χ0n) is 11.5. The summed E-state index contributed by atoms with van der Waals surface area (Å²) in [7, 11) is 0. The summed E-state index contributed by atoms with van der Waals surface area (Å²) in [6, 6.07) is -0.281. The van der Waals surface area contributed by atoms with Crippen molar-refractivity contribution in [3.8, 4) is 0 Å². The molecular formula is C13H17N3O2S2. The molecule has 3 heterocycles. The third-order valence-corrected chi connectivity index (χ3v) is 6.03. The van der Waals surface area contributed by atoms with Gasteiger partial charge in [-0.25, -0.2) is 9.78 Å². The molecule has 7 heteroatoms. The monoisotopic (exact) mass is 311 g/mol. The molecule has 2 aliphatic heterocycles. The minimum atomic E-state index is -0.654. The Kier molecular flexibility index (Phi) is 3.50. The first kappa shape index (κ1) is 13.9. The highest BCUT2D eigenvalue weighted by molar-refractivity contribution is 7.99. The number of thioether (sulfide) groups is 1. The lowest BCUT2D eigenvalue weighted by Gasteiger charge is -2.18. The Morgan fingerprint density at radius 2 is 2.30 bits per heavy atom. The van der Waals surface area contributed by atoms with Gasteiger partial charge in [-0.15, -0.1) is 11.3 Å². The van der Waals surface area contributed by atoms with E-state index in [1.165, 1.54) is 4.90 Å². The van der Waals surface area contributed by atoms with Crippen molar-refractivity contribution in [2.24, 2.45) is 0 Å². The molecule has 1 spiro atoms. The molecular weight excluding hydrogens is 294 g/mol. The maximum absolute atomic E-state index is 12.5. The van der Waals surface area contributed by atoms with Crippen molar-refractivity contribution in [2.75, 3.05) is 11.5 Å². The summed E-state index contributed by atoms with van der Waals surface area (Å²) in [6.07, 6.45) is 0.729. The summed E-state index contributed by atoms with van der Waals surface area (Å²) in [5, 5.41) is 5.85. The average Bonchev–Trinajstić information content (AvgIpc) is 3.08. The van der Waals surface area contributed by atoms with Crippen LogP contribution in [0.3, 0.4) is 0 Å². The van der Waals surface area contributed by atoms with E-state index in [4.69, 9.17) is 0 Å². The van der Waals surface area contributed by atoms with Crippen LogP contribution in [0.1, 0.15) is 36.9 Å². The lowest BCUT2D eigenvalue weighted by atomic mass is 9.99. The van der Waals surface area contributed by atoms with Crippen LogP contribution in [-0.4, -0.2) is 38.9 Å². The fraction of sp³-hybridized carbons (Fsp3) is 0.615. The summed E-state index contributed by atoms with van der Waals surface area (Å²) in [4.78, 5) is 30.3. The van der Waals surface area contributed by atoms with Crippen LogP contribution in [0, 0.1) is 0 Å². The van der Waals surface area contributed by atoms with Crippen LogP contribution >= 0.6 is 23.1 Å². The van der Waals surface area contributed by atoms with Crippen molar-refractivity contribution in [1.82, 2.24) is 15.2 Å². The van der Waals surface area contributed by atoms with Gasteiger partial charge >= 0.3 is 6.03 Å². The van der Waals surface area contributed by atoms with Gasteiger partial charge in [0.05, 0.1) is 17.2 Å². The maximum atomic E-state index is 12.5. The maximum Gasteiger partial charge on any atom is 0.325 e. The molecule has 0 radical (unpaired) electrons. The Bertz CT molecular complexity index is 550. The Balaban J connectivity index is 1.76. The van der Waals surface area contributed by atoms with Gasteiger partial charge in [0, 0.05) is 17.1 Å². The molecule has 2 aliphatic rings. The van der Waals surface area contributed by atoms with E-state index in [1.54, 1.807) is 23.1 Å². The van der Waals surface area contributed by atoms with Gasteiger partial charge in [0.15, 0.2) is 0 Å². The molecule has 0 unspecified atom stereocenters. The SMILES string of the molecule is CC(C)c1nc(CN2C(=O)N[C@]3(CCSC3)C2=O)cs1. The number of carbonyl (C=O) groups is 2. The molecule has 0 aromatic carbocycles. The molecule has 1 aromatic heterocycles. The second kappa shape index (κ2) is 5.04. The lowest BCUT2D eigenvalue weighted by molar-refractivity contribution is -0.130. The van der Waals surface area contributed by atoms with Crippen molar-refractivity contribution in [1.29, 1.82) is 0 Å². The second-order valence-electron chi connectivity index (χ2n) is 5.54. The number of nitrogens with one attached hydrogen (secondary N) is 1. The number of hydrogen-bond acceptors (Lipinski definition) is 5. The molecule has 3 amide bonds. The van der Waals surface area contributed by atoms with Gasteiger partial charge in [0.1, 0.15) is 5.54 Å². The zero-order chi connectivity index (χ0) is 14.3. The number of hydrogen-bond donors (Lipinski definition) is 1. The molecule has 2 saturated heterocycles. The minimum absolute atomic E-state index is 0.0911. The number of imide groups is 1. The smallest absolute Gasteiger partial charge is 0.322 e. The topological polar surface area (TPSA) is 62.3 Å². The van der Waals surface area contributed by atoms with Crippen LogP contribution in [0.4, 0.5) is 4.79 Å². The van der Waals surface area contributed by atoms with E-state index >= 15 is 0 Å². The van der Waals surface area contributed by atoms with Crippen molar-refractivity contribution >= 4 is 35.0 Å². The minimum Gasteiger partial charge on any atom is -0.322 e. The van der Waals surface area contributed by atoms with Crippen LogP contribution in [-0.2, 0) is 11.3 Å². The van der Waals surface area contributed by atoms with Gasteiger partial charge in [-0.2, -0.15) is 11.8 Å². The average molecular weight is 311 g/mol. The third kappa shape index (κ3) is 2.22. The normalized spacial score (nSPS) is 26.1. The number of rotatable bonds is 3. The first-order chi connectivity index (χ1) is 9.52. The molecule has 1 N–H and O–H groups in total. The first-order valence-electron chi connectivity index (χ1n) is 6.68. The van der Waals surface area contributed by atoms with Crippen LogP contribution in [0.5, 0.6) is 0 Å². The highest BCUT2D eigenvalue weighted by Crippen LogP contribution is 2.34. The van der Waals surface area contributed by atoms with Crippen molar-refractivity contribution in [2.45, 2.75) is 38.3 Å². The van der Waals surface area contributed by atoms with Gasteiger partial charge < -0.3 is 5.32 Å². The summed E-state index contributed by atoms with van der Waals surface area (Å²) >= 11 is 3.30. The molecule has 0 saturated carbocycles. The first-order valence-corrected chi connectivity index (χ1v) is 8.71. The number of aromatic nitrogens is 1. The van der Waals surface area contributed by atoms with Crippen LogP contribution < -0.4 is 5.32 Å². The van der Waals surface area contributed by atoms with Gasteiger partial charge in [-0.1, -0.05) is 13.8 Å². The highest BCUT2D eigenvalue weighted by atomic mass is 32.2. The molecule has 1 atom stereocenters. The Morgan fingerprint density at radius 1 is 1.50 bits per heavy atom. The van der Waals surface area contributed by atoms with Crippen molar-refractivity contribution in [3.63, 3.8) is 0 Å². The molecule has 5 nitrogen and oxygen atoms in total. The van der Waals surface area contributed by atoms with Gasteiger partial charge in [-0.05, 0) is 12.2 Å². The summed E-state index contributed by atoms with van der Waals surface area (Å²) in [6.45, 7) is 4.45. The number of amides is 3. The van der Waals surface area contributed by atoms with Crippen molar-refractivity contribution < 1.29 is 9.59 Å². The summed E-state index contributed by atoms with van der Waals surface area (Å²) < 4.78 is 0. The van der Waals surface area contributed by atoms with E-state index < -0.39 is 5.54 Å². The van der Waals surface area contributed by atoms with Gasteiger partial charge in [0.25, 0.3) is 5.91 Å². The third-order valence-electron chi connectivity index (χ3n) is 3.65. The molecule has 108 valence electrons. The highest BCUT2D eigenvalue weighted by Gasteiger charge is 2.52. The summed E-state index contributed by atoms with van der Waals surface area (Å²) in [5.41, 5.74) is 0.142. The van der Waals surface area contributed by atoms with E-state index in [0.29, 0.717) is 11.7 Å². The predicted octanol–water partition coefficient (Wildman–Crippen LogP) is 2.19. The fourth-order valence-corrected chi connectivity index (χ4v) is 4.63. The predicted molar refractivity (Wildman–Crippen MR) is 80.0 cm³/mol. The standard InChI is InChI=1S/C13H17N3O2S2/c1-8(2)10-14-9(6-20-10)5-16-11(17)13(15-12(16)18)3-4-19-7-13/h6,8H,3-5,7H2,1-2H3,(H,15,18)/t13-/m0/s1. The molecule has 0 aliphatic carbocycles. The van der Waals surface area contributed by atoms with E-state index in [-0.39, 0.29) is 18.5 Å². The van der Waals surface area contributed by atoms with Gasteiger partial charge in [-0.3, -0.25) is 9.69 Å². The fourth-order valence-electron chi connectivity index (χ4n) is 2.47. The van der Waals surface area contributed by atoms with Gasteiger partial charge in [0.2, 0.25) is 0 Å². The van der Waals surface area contributed by atoms with Crippen LogP contribution in [0.2, 0.25) is 0 Å². The number of urea groups is 1. The number of thiazole rings is 1. The Morgan fingerprint density at radius 3 is 2.90 bits per heavy atom. The van der Waals surface area contributed by atoms with E-state index in [0.717, 1.165) is 22.9 Å². The van der Waals surface area contributed by atoms with Crippen molar-refractivity contribution in [3.05, 3.63) is 16.1 Å². The molecule has 0 bridgehead atoms. The van der Waals surface area contributed by atoms with E-state index in [2.05, 4.69) is 24.1 Å². The molecule has 3 rings (SSSR count). The second-order valence-corrected chi connectivity index (χ2v) is 7.53. The van der Waals surface area contributed by atoms with E-state index in [9.17, 15) is 9.59 Å². The Labute approximate surface area is 126 Å². The Hall–Kier alpha value is -1.08. The zero-order valence-corrected chi connectivity index (χ0v) is 13.1. The number of carbonyl (C=O) groups excluding carboxylic acids is 2. The van der Waals surface area contributed by atoms with Crippen LogP contribution in [0.25, 0.3) is 0 Å². The van der Waals surface area contributed by atoms with E-state index in [1.807, 2.05) is 5.38 Å². The molecule has 20 heavy (non-hydrogen) atoms. The van der Waals surface area contributed by atoms with Crippen LogP contribution in [0.15, 0.2) is 5.38 Å². The number of nitrogens with zero attached hydrogens (tertiary/aromatic N) is 2. The lowest BCUT2D eigenvalue weighted by Crippen LogP contribution is -2.46. The largest absolute Gasteiger partial charge is 0.325 e. The molecule has 1 aromatic rings.